The molecule has 0 amide bonds. The largest absolute Gasteiger partial charge is 0.300 e. The van der Waals surface area contributed by atoms with Gasteiger partial charge in [-0.3, -0.25) is 10.0 Å². The van der Waals surface area contributed by atoms with Crippen molar-refractivity contribution >= 4 is 71.1 Å². The third kappa shape index (κ3) is 18.4. The predicted octanol–water partition coefficient (Wildman–Crippen LogP) is 10.0. The van der Waals surface area contributed by atoms with Gasteiger partial charge in [0.25, 0.3) is 4.45 Å². The van der Waals surface area contributed by atoms with Gasteiger partial charge in [-0.15, -0.1) is 0 Å². The molecule has 0 bridgehead atoms. The summed E-state index contributed by atoms with van der Waals surface area (Å²) in [5, 5.41) is 3.48. The highest BCUT2D eigenvalue weighted by Crippen LogP contribution is 2.37. The highest BCUT2D eigenvalue weighted by atomic mass is 35.5. The van der Waals surface area contributed by atoms with Crippen molar-refractivity contribution in [1.29, 1.82) is 0 Å². The van der Waals surface area contributed by atoms with E-state index in [0.717, 1.165) is 41.4 Å². The standard InChI is InChI=1S/C27H54ClN5S4/c1-5-9-13-17-21-34-27(28)30-25(32-35-22-18-14-10-6-2)29-26(31-27)33(36-23-19-15-11-7-3)37-24-20-16-12-8-4/h5-24H2,1-4H3,(H2,29,30,31,32). The Bertz CT molecular complexity index is 597. The average Bonchev–Trinajstić information content (AvgIpc) is 2.88. The Labute approximate surface area is 251 Å². The lowest BCUT2D eigenvalue weighted by molar-refractivity contribution is 0.702. The van der Waals surface area contributed by atoms with Crippen molar-refractivity contribution in [3.63, 3.8) is 0 Å². The van der Waals surface area contributed by atoms with Crippen LogP contribution in [-0.4, -0.2) is 43.1 Å². The number of rotatable bonds is 24. The van der Waals surface area contributed by atoms with Crippen molar-refractivity contribution in [2.24, 2.45) is 9.98 Å². The third-order valence-corrected chi connectivity index (χ3v) is 10.6. The Morgan fingerprint density at radius 1 is 0.676 bits per heavy atom. The minimum absolute atomic E-state index is 0.727. The Kier molecular flexibility index (Phi) is 23.2. The molecule has 5 nitrogen and oxygen atoms in total. The molecule has 0 saturated carbocycles. The van der Waals surface area contributed by atoms with E-state index in [1.807, 2.05) is 23.9 Å². The highest BCUT2D eigenvalue weighted by molar-refractivity contribution is 8.12. The summed E-state index contributed by atoms with van der Waals surface area (Å²) in [6.07, 6.45) is 20.1. The molecule has 10 heteroatoms. The van der Waals surface area contributed by atoms with Crippen molar-refractivity contribution < 1.29 is 0 Å². The molecule has 1 atom stereocenters. The molecule has 0 fully saturated rings. The van der Waals surface area contributed by atoms with Crippen LogP contribution in [0.25, 0.3) is 0 Å². The zero-order valence-corrected chi connectivity index (χ0v) is 28.0. The van der Waals surface area contributed by atoms with Crippen molar-refractivity contribution in [3.05, 3.63) is 0 Å². The summed E-state index contributed by atoms with van der Waals surface area (Å²) >= 11 is 14.2. The molecule has 1 unspecified atom stereocenters. The zero-order valence-electron chi connectivity index (χ0n) is 24.0. The van der Waals surface area contributed by atoms with Gasteiger partial charge in [-0.1, -0.05) is 140 Å². The Morgan fingerprint density at radius 3 is 1.68 bits per heavy atom. The van der Waals surface area contributed by atoms with E-state index >= 15 is 0 Å². The lowest BCUT2D eigenvalue weighted by atomic mass is 10.2. The molecule has 0 spiro atoms. The topological polar surface area (TPSA) is 52.0 Å². The van der Waals surface area contributed by atoms with Gasteiger partial charge in [-0.2, -0.15) is 9.98 Å². The van der Waals surface area contributed by atoms with Gasteiger partial charge >= 0.3 is 0 Å². The van der Waals surface area contributed by atoms with Crippen LogP contribution < -0.4 is 10.0 Å². The lowest BCUT2D eigenvalue weighted by Gasteiger charge is -2.31. The van der Waals surface area contributed by atoms with E-state index in [1.54, 1.807) is 23.7 Å². The van der Waals surface area contributed by atoms with Crippen molar-refractivity contribution in [1.82, 2.24) is 13.7 Å². The van der Waals surface area contributed by atoms with Gasteiger partial charge in [-0.25, -0.2) is 3.71 Å². The molecule has 1 aliphatic rings. The van der Waals surface area contributed by atoms with Gasteiger partial charge in [0.15, 0.2) is 0 Å². The third-order valence-electron chi connectivity index (χ3n) is 5.86. The maximum Gasteiger partial charge on any atom is 0.281 e. The molecule has 1 heterocycles. The number of nitrogens with zero attached hydrogens (tertiary/aromatic N) is 3. The first-order chi connectivity index (χ1) is 18.1. The van der Waals surface area contributed by atoms with Crippen LogP contribution in [0.3, 0.4) is 0 Å². The maximum atomic E-state index is 7.06. The molecule has 0 aromatic heterocycles. The Morgan fingerprint density at radius 2 is 1.16 bits per heavy atom. The van der Waals surface area contributed by atoms with E-state index in [1.165, 1.54) is 96.3 Å². The molecule has 0 saturated heterocycles. The molecule has 218 valence electrons. The number of unbranched alkanes of at least 4 members (excludes halogenated alkanes) is 12. The first-order valence-electron chi connectivity index (χ1n) is 14.8. The number of halogens is 1. The number of alkyl halides is 1. The lowest BCUT2D eigenvalue weighted by Crippen LogP contribution is -2.48. The van der Waals surface area contributed by atoms with Crippen LogP contribution in [-0.2, 0) is 0 Å². The quantitative estimate of drug-likeness (QED) is 0.0487. The number of aliphatic imine (C=N–C) groups is 2. The summed E-state index contributed by atoms with van der Waals surface area (Å²) in [5.41, 5.74) is 0. The summed E-state index contributed by atoms with van der Waals surface area (Å²) in [4.78, 5) is 9.77. The Hall–Kier alpha value is 0.430. The first kappa shape index (κ1) is 35.5. The van der Waals surface area contributed by atoms with Crippen molar-refractivity contribution in [3.8, 4) is 0 Å². The molecule has 1 aliphatic heterocycles. The molecule has 37 heavy (non-hydrogen) atoms. The number of guanidine groups is 2. The van der Waals surface area contributed by atoms with Gasteiger partial charge < -0.3 is 0 Å². The summed E-state index contributed by atoms with van der Waals surface area (Å²) in [7, 11) is 0. The monoisotopic (exact) mass is 611 g/mol. The van der Waals surface area contributed by atoms with Gasteiger partial charge in [0.2, 0.25) is 11.9 Å². The minimum atomic E-state index is -1.01. The van der Waals surface area contributed by atoms with E-state index in [-0.39, 0.29) is 0 Å². The van der Waals surface area contributed by atoms with E-state index in [4.69, 9.17) is 21.6 Å². The van der Waals surface area contributed by atoms with Gasteiger partial charge in [-0.05, 0) is 55.3 Å². The molecule has 0 radical (unpaired) electrons. The summed E-state index contributed by atoms with van der Waals surface area (Å²) in [6.45, 7) is 9.03. The second kappa shape index (κ2) is 24.2. The van der Waals surface area contributed by atoms with Crippen molar-refractivity contribution in [2.75, 3.05) is 23.0 Å². The fraction of sp³-hybridized carbons (Fsp3) is 0.926. The SMILES string of the molecule is CCCCCCSNC1=NC(Cl)(SCCCCCC)N=C(N(SCCCCCC)SCCCCCC)N1. The van der Waals surface area contributed by atoms with Crippen LogP contribution in [0.1, 0.15) is 130 Å². The second-order valence-corrected chi connectivity index (χ2v) is 14.7. The predicted molar refractivity (Wildman–Crippen MR) is 178 cm³/mol. The summed E-state index contributed by atoms with van der Waals surface area (Å²) < 4.78 is 4.71. The fourth-order valence-corrected chi connectivity index (χ4v) is 7.77. The number of hydrogen-bond donors (Lipinski definition) is 2. The minimum Gasteiger partial charge on any atom is -0.300 e. The normalized spacial score (nSPS) is 17.3. The first-order valence-corrected chi connectivity index (χ1v) is 19.0. The van der Waals surface area contributed by atoms with Crippen LogP contribution in [0.4, 0.5) is 0 Å². The maximum absolute atomic E-state index is 7.06. The second-order valence-electron chi connectivity index (χ2n) is 9.51. The highest BCUT2D eigenvalue weighted by Gasteiger charge is 2.34. The van der Waals surface area contributed by atoms with Gasteiger partial charge in [0.05, 0.1) is 0 Å². The number of thioether (sulfide) groups is 1. The van der Waals surface area contributed by atoms with E-state index < -0.39 is 4.45 Å². The number of nitrogens with one attached hydrogen (secondary N) is 2. The summed E-state index contributed by atoms with van der Waals surface area (Å²) in [6, 6.07) is 0. The van der Waals surface area contributed by atoms with Crippen LogP contribution in [0.5, 0.6) is 0 Å². The molecule has 0 aromatic rings. The van der Waals surface area contributed by atoms with Crippen LogP contribution in [0.2, 0.25) is 0 Å². The van der Waals surface area contributed by atoms with Crippen LogP contribution in [0, 0.1) is 0 Å². The molecule has 0 aromatic carbocycles. The van der Waals surface area contributed by atoms with Gasteiger partial charge in [0, 0.05) is 17.3 Å². The van der Waals surface area contributed by atoms with E-state index in [2.05, 4.69) is 41.4 Å². The summed E-state index contributed by atoms with van der Waals surface area (Å²) in [5.74, 6) is 5.76. The smallest absolute Gasteiger partial charge is 0.281 e. The molecular weight excluding hydrogens is 558 g/mol. The molecule has 1 rings (SSSR count). The number of hydrogen-bond acceptors (Lipinski definition) is 9. The van der Waals surface area contributed by atoms with Crippen LogP contribution >= 0.6 is 59.2 Å². The van der Waals surface area contributed by atoms with Crippen molar-refractivity contribution in [2.45, 2.75) is 135 Å². The van der Waals surface area contributed by atoms with Gasteiger partial charge in [0.1, 0.15) is 0 Å². The molecule has 0 aliphatic carbocycles. The fourth-order valence-electron chi connectivity index (χ4n) is 3.62. The Balaban J connectivity index is 2.85. The van der Waals surface area contributed by atoms with E-state index in [0.29, 0.717) is 0 Å². The van der Waals surface area contributed by atoms with E-state index in [9.17, 15) is 0 Å². The van der Waals surface area contributed by atoms with Crippen LogP contribution in [0.15, 0.2) is 9.98 Å². The average molecular weight is 612 g/mol. The zero-order chi connectivity index (χ0) is 27.0. The molecular formula is C27H54ClN5S4. The molecule has 2 N–H and O–H groups in total.